The maximum absolute atomic E-state index is 15.3. The number of aromatic nitrogens is 2. The van der Waals surface area contributed by atoms with Gasteiger partial charge in [-0.05, 0) is 43.5 Å². The first kappa shape index (κ1) is 24.1. The lowest BCUT2D eigenvalue weighted by Crippen LogP contribution is -2.36. The van der Waals surface area contributed by atoms with Gasteiger partial charge in [-0.2, -0.15) is 8.78 Å². The number of aromatic amines is 1. The molecule has 11 heteroatoms. The Morgan fingerprint density at radius 3 is 2.50 bits per heavy atom. The van der Waals surface area contributed by atoms with Crippen LogP contribution in [-0.4, -0.2) is 47.2 Å². The van der Waals surface area contributed by atoms with Crippen LogP contribution >= 0.6 is 11.6 Å². The number of rotatable bonds is 5. The van der Waals surface area contributed by atoms with Crippen molar-refractivity contribution in [2.75, 3.05) is 20.2 Å². The quantitative estimate of drug-likeness (QED) is 0.378. The second-order valence-corrected chi connectivity index (χ2v) is 8.86. The molecule has 0 spiro atoms. The van der Waals surface area contributed by atoms with Crippen LogP contribution in [0.5, 0.6) is 11.5 Å². The molecule has 1 saturated heterocycles. The van der Waals surface area contributed by atoms with Gasteiger partial charge in [-0.3, -0.25) is 14.2 Å². The molecule has 1 fully saturated rings. The molecule has 0 unspecified atom stereocenters. The second kappa shape index (κ2) is 9.42. The van der Waals surface area contributed by atoms with Crippen molar-refractivity contribution in [3.05, 3.63) is 63.4 Å². The number of halogens is 4. The number of carbonyl (C=O) groups is 1. The number of piperidine rings is 1. The van der Waals surface area contributed by atoms with Crippen LogP contribution in [0.2, 0.25) is 5.02 Å². The zero-order valence-corrected chi connectivity index (χ0v) is 19.9. The number of ether oxygens (including phenoxy) is 2. The fourth-order valence-electron chi connectivity index (χ4n) is 4.69. The molecule has 2 aromatic carbocycles. The third kappa shape index (κ3) is 4.05. The van der Waals surface area contributed by atoms with Crippen LogP contribution < -0.4 is 15.0 Å². The zero-order valence-electron chi connectivity index (χ0n) is 19.1. The summed E-state index contributed by atoms with van der Waals surface area (Å²) in [5.41, 5.74) is -0.347. The minimum Gasteiger partial charge on any atom is -0.493 e. The van der Waals surface area contributed by atoms with E-state index in [1.165, 1.54) is 19.4 Å². The number of benzene rings is 2. The van der Waals surface area contributed by atoms with Gasteiger partial charge in [-0.1, -0.05) is 11.6 Å². The highest BCUT2D eigenvalue weighted by molar-refractivity contribution is 6.35. The number of likely N-dealkylation sites (tertiary alicyclic amines) is 1. The SMILES string of the molecule is COc1cc2c(C(=O)N3CCCCC3)cn(-c3c(F)cc(Cl)c4[nH]ccc34)c(=O)c2cc1OC(F)F. The minimum absolute atomic E-state index is 0.0710. The third-order valence-electron chi connectivity index (χ3n) is 6.35. The van der Waals surface area contributed by atoms with Crippen LogP contribution in [-0.2, 0) is 0 Å². The number of amides is 1. The predicted octanol–water partition coefficient (Wildman–Crippen LogP) is 5.50. The topological polar surface area (TPSA) is 76.6 Å². The van der Waals surface area contributed by atoms with E-state index < -0.39 is 18.0 Å². The molecule has 2 aromatic heterocycles. The van der Waals surface area contributed by atoms with Crippen LogP contribution in [0.1, 0.15) is 29.6 Å². The van der Waals surface area contributed by atoms with E-state index in [9.17, 15) is 18.4 Å². The minimum atomic E-state index is -3.18. The number of nitrogens with zero attached hydrogens (tertiary/aromatic N) is 2. The largest absolute Gasteiger partial charge is 0.493 e. The molecule has 7 nitrogen and oxygen atoms in total. The molecule has 1 amide bonds. The number of fused-ring (bicyclic) bond motifs is 2. The summed E-state index contributed by atoms with van der Waals surface area (Å²) in [4.78, 5) is 31.9. The molecule has 188 valence electrons. The summed E-state index contributed by atoms with van der Waals surface area (Å²) < 4.78 is 52.2. The van der Waals surface area contributed by atoms with Crippen molar-refractivity contribution in [2.24, 2.45) is 0 Å². The third-order valence-corrected chi connectivity index (χ3v) is 6.65. The van der Waals surface area contributed by atoms with E-state index in [2.05, 4.69) is 9.72 Å². The van der Waals surface area contributed by atoms with Crippen LogP contribution in [0.4, 0.5) is 13.2 Å². The number of methoxy groups -OCH3 is 1. The number of hydrogen-bond acceptors (Lipinski definition) is 4. The molecular formula is C25H21ClF3N3O4. The number of alkyl halides is 2. The van der Waals surface area contributed by atoms with E-state index in [0.717, 1.165) is 36.0 Å². The average Bonchev–Trinajstić information content (AvgIpc) is 3.35. The van der Waals surface area contributed by atoms with Gasteiger partial charge in [0.2, 0.25) is 0 Å². The van der Waals surface area contributed by atoms with Crippen molar-refractivity contribution >= 4 is 39.2 Å². The van der Waals surface area contributed by atoms with Crippen LogP contribution in [0.25, 0.3) is 27.4 Å². The number of nitrogens with one attached hydrogen (secondary N) is 1. The van der Waals surface area contributed by atoms with Crippen LogP contribution in [0.15, 0.2) is 41.5 Å². The van der Waals surface area contributed by atoms with Crippen LogP contribution in [0, 0.1) is 5.82 Å². The number of H-pyrrole nitrogens is 1. The fourth-order valence-corrected chi connectivity index (χ4v) is 4.94. The van der Waals surface area contributed by atoms with Crippen molar-refractivity contribution in [1.82, 2.24) is 14.5 Å². The lowest BCUT2D eigenvalue weighted by molar-refractivity contribution is -0.0511. The number of hydrogen-bond donors (Lipinski definition) is 1. The Bertz CT molecular complexity index is 1540. The van der Waals surface area contributed by atoms with Crippen molar-refractivity contribution in [3.8, 4) is 17.2 Å². The van der Waals surface area contributed by atoms with Gasteiger partial charge in [0, 0.05) is 36.3 Å². The first-order valence-corrected chi connectivity index (χ1v) is 11.6. The van der Waals surface area contributed by atoms with Gasteiger partial charge in [0.1, 0.15) is 5.82 Å². The maximum atomic E-state index is 15.3. The van der Waals surface area contributed by atoms with E-state index in [-0.39, 0.29) is 44.5 Å². The summed E-state index contributed by atoms with van der Waals surface area (Å²) in [6, 6.07) is 5.04. The zero-order chi connectivity index (χ0) is 25.6. The van der Waals surface area contributed by atoms with Gasteiger partial charge < -0.3 is 19.4 Å². The monoisotopic (exact) mass is 519 g/mol. The molecule has 0 atom stereocenters. The van der Waals surface area contributed by atoms with Gasteiger partial charge in [0.15, 0.2) is 11.5 Å². The molecule has 4 aromatic rings. The van der Waals surface area contributed by atoms with Gasteiger partial charge in [0.25, 0.3) is 11.5 Å². The predicted molar refractivity (Wildman–Crippen MR) is 129 cm³/mol. The highest BCUT2D eigenvalue weighted by atomic mass is 35.5. The lowest BCUT2D eigenvalue weighted by Gasteiger charge is -2.27. The summed E-state index contributed by atoms with van der Waals surface area (Å²) in [5.74, 6) is -1.60. The van der Waals surface area contributed by atoms with Crippen molar-refractivity contribution in [1.29, 1.82) is 0 Å². The molecule has 0 radical (unpaired) electrons. The smallest absolute Gasteiger partial charge is 0.387 e. The average molecular weight is 520 g/mol. The Labute approximate surface area is 208 Å². The molecule has 1 N–H and O–H groups in total. The fraction of sp³-hybridized carbons (Fsp3) is 0.280. The molecule has 0 bridgehead atoms. The van der Waals surface area contributed by atoms with E-state index in [1.807, 2.05) is 0 Å². The summed E-state index contributed by atoms with van der Waals surface area (Å²) in [6.45, 7) is -2.12. The van der Waals surface area contributed by atoms with Gasteiger partial charge >= 0.3 is 6.61 Å². The summed E-state index contributed by atoms with van der Waals surface area (Å²) in [7, 11) is 1.26. The Morgan fingerprint density at radius 1 is 1.08 bits per heavy atom. The van der Waals surface area contributed by atoms with Crippen molar-refractivity contribution in [2.45, 2.75) is 25.9 Å². The van der Waals surface area contributed by atoms with Crippen LogP contribution in [0.3, 0.4) is 0 Å². The molecule has 1 aliphatic heterocycles. The highest BCUT2D eigenvalue weighted by Crippen LogP contribution is 2.36. The first-order chi connectivity index (χ1) is 17.3. The molecule has 1 aliphatic rings. The lowest BCUT2D eigenvalue weighted by atomic mass is 10.0. The normalized spacial score (nSPS) is 14.1. The summed E-state index contributed by atoms with van der Waals surface area (Å²) in [5, 5.41) is 0.514. The molecule has 0 aliphatic carbocycles. The molecule has 36 heavy (non-hydrogen) atoms. The van der Waals surface area contributed by atoms with E-state index in [4.69, 9.17) is 16.3 Å². The number of pyridine rings is 1. The molecule has 3 heterocycles. The van der Waals surface area contributed by atoms with Crippen molar-refractivity contribution < 1.29 is 27.4 Å². The Balaban J connectivity index is 1.84. The Hall–Kier alpha value is -3.66. The standard InChI is InChI=1S/C25H21ClF3N3O4/c1-35-19-9-14-15(10-20(19)36-25(28)29)24(34)32(12-16(14)23(33)31-7-3-2-4-8-31)22-13-5-6-30-21(13)17(26)11-18(22)27/h5-6,9-12,25,30H,2-4,7-8H2,1H3. The molecule has 5 rings (SSSR count). The Kier molecular flexibility index (Phi) is 6.29. The first-order valence-electron chi connectivity index (χ1n) is 11.3. The van der Waals surface area contributed by atoms with Gasteiger partial charge in [-0.25, -0.2) is 4.39 Å². The second-order valence-electron chi connectivity index (χ2n) is 8.45. The van der Waals surface area contributed by atoms with E-state index in [1.54, 1.807) is 17.2 Å². The summed E-state index contributed by atoms with van der Waals surface area (Å²) in [6.07, 6.45) is 5.48. The van der Waals surface area contributed by atoms with Gasteiger partial charge in [0.05, 0.1) is 34.3 Å². The van der Waals surface area contributed by atoms with Crippen molar-refractivity contribution in [3.63, 3.8) is 0 Å². The Morgan fingerprint density at radius 2 is 1.81 bits per heavy atom. The molecular weight excluding hydrogens is 499 g/mol. The van der Waals surface area contributed by atoms with E-state index in [0.29, 0.717) is 24.0 Å². The van der Waals surface area contributed by atoms with E-state index >= 15 is 4.39 Å². The maximum Gasteiger partial charge on any atom is 0.387 e. The number of carbonyl (C=O) groups excluding carboxylic acids is 1. The molecule has 0 saturated carbocycles. The highest BCUT2D eigenvalue weighted by Gasteiger charge is 2.26. The van der Waals surface area contributed by atoms with Gasteiger partial charge in [-0.15, -0.1) is 0 Å². The summed E-state index contributed by atoms with van der Waals surface area (Å²) >= 11 is 6.16.